The minimum atomic E-state index is -3.41. The van der Waals surface area contributed by atoms with Crippen LogP contribution in [0.5, 0.6) is 0 Å². The van der Waals surface area contributed by atoms with Gasteiger partial charge in [0.15, 0.2) is 0 Å². The number of sulfonamides is 1. The number of alkyl halides is 1. The summed E-state index contributed by atoms with van der Waals surface area (Å²) >= 11 is 5.65. The second-order valence-electron chi connectivity index (χ2n) is 4.57. The fourth-order valence-corrected chi connectivity index (χ4v) is 3.51. The number of rotatable bonds is 6. The van der Waals surface area contributed by atoms with Gasteiger partial charge in [0.25, 0.3) is 0 Å². The van der Waals surface area contributed by atoms with Gasteiger partial charge in [0.2, 0.25) is 10.0 Å². The molecule has 0 N–H and O–H groups in total. The summed E-state index contributed by atoms with van der Waals surface area (Å²) in [6.07, 6.45) is 0.658. The minimum absolute atomic E-state index is 0.0699. The first-order valence-corrected chi connectivity index (χ1v) is 8.01. The van der Waals surface area contributed by atoms with E-state index in [2.05, 4.69) is 0 Å². The summed E-state index contributed by atoms with van der Waals surface area (Å²) in [5, 5.41) is 0. The molecule has 0 aliphatic heterocycles. The maximum atomic E-state index is 12.5. The van der Waals surface area contributed by atoms with Crippen LogP contribution in [0.15, 0.2) is 29.2 Å². The Balaban J connectivity index is 3.05. The van der Waals surface area contributed by atoms with Gasteiger partial charge >= 0.3 is 0 Å². The standard InChI is InChI=1S/C13H20ClNO2S/c1-11(2)15(10-4-9-14)18(16,17)13-7-5-12(3)6-8-13/h5-8,11H,4,9-10H2,1-3H3. The van der Waals surface area contributed by atoms with Gasteiger partial charge in [-0.25, -0.2) is 8.42 Å². The summed E-state index contributed by atoms with van der Waals surface area (Å²) in [5.74, 6) is 0.465. The quantitative estimate of drug-likeness (QED) is 0.755. The Labute approximate surface area is 115 Å². The number of benzene rings is 1. The van der Waals surface area contributed by atoms with Crippen molar-refractivity contribution in [3.63, 3.8) is 0 Å². The topological polar surface area (TPSA) is 37.4 Å². The van der Waals surface area contributed by atoms with Gasteiger partial charge in [-0.05, 0) is 39.3 Å². The summed E-state index contributed by atoms with van der Waals surface area (Å²) in [7, 11) is -3.41. The van der Waals surface area contributed by atoms with E-state index in [1.807, 2.05) is 32.9 Å². The van der Waals surface area contributed by atoms with E-state index in [0.717, 1.165) is 5.56 Å². The molecule has 5 heteroatoms. The number of nitrogens with zero attached hydrogens (tertiary/aromatic N) is 1. The molecular formula is C13H20ClNO2S. The molecule has 0 atom stereocenters. The molecule has 0 amide bonds. The van der Waals surface area contributed by atoms with E-state index in [4.69, 9.17) is 11.6 Å². The normalized spacial score (nSPS) is 12.3. The van der Waals surface area contributed by atoms with Crippen molar-refractivity contribution in [2.45, 2.75) is 38.1 Å². The van der Waals surface area contributed by atoms with Crippen LogP contribution in [0.3, 0.4) is 0 Å². The van der Waals surface area contributed by atoms with Gasteiger partial charge in [-0.1, -0.05) is 17.7 Å². The lowest BCUT2D eigenvalue weighted by Crippen LogP contribution is -2.37. The first-order chi connectivity index (χ1) is 8.39. The average Bonchev–Trinajstić information content (AvgIpc) is 2.29. The number of aryl methyl sites for hydroxylation is 1. The maximum Gasteiger partial charge on any atom is 0.243 e. The van der Waals surface area contributed by atoms with Crippen molar-refractivity contribution >= 4 is 21.6 Å². The molecule has 3 nitrogen and oxygen atoms in total. The molecule has 18 heavy (non-hydrogen) atoms. The lowest BCUT2D eigenvalue weighted by molar-refractivity contribution is 0.354. The Kier molecular flexibility index (Phi) is 5.63. The first-order valence-electron chi connectivity index (χ1n) is 6.04. The Bertz CT molecular complexity index is 468. The third-order valence-electron chi connectivity index (χ3n) is 2.72. The molecule has 0 saturated carbocycles. The third-order valence-corrected chi connectivity index (χ3v) is 5.07. The largest absolute Gasteiger partial charge is 0.243 e. The number of hydrogen-bond donors (Lipinski definition) is 0. The molecular weight excluding hydrogens is 270 g/mol. The van der Waals surface area contributed by atoms with E-state index in [9.17, 15) is 8.42 Å². The molecule has 0 fully saturated rings. The molecule has 0 aliphatic carbocycles. The van der Waals surface area contributed by atoms with Crippen molar-refractivity contribution in [3.05, 3.63) is 29.8 Å². The first kappa shape index (κ1) is 15.5. The fourth-order valence-electron chi connectivity index (χ4n) is 1.72. The van der Waals surface area contributed by atoms with Gasteiger partial charge in [-0.3, -0.25) is 0 Å². The SMILES string of the molecule is Cc1ccc(S(=O)(=O)N(CCCCl)C(C)C)cc1. The summed E-state index contributed by atoms with van der Waals surface area (Å²) in [6, 6.07) is 6.86. The number of hydrogen-bond acceptors (Lipinski definition) is 2. The molecule has 0 heterocycles. The second kappa shape index (κ2) is 6.55. The van der Waals surface area contributed by atoms with Gasteiger partial charge in [-0.2, -0.15) is 4.31 Å². The van der Waals surface area contributed by atoms with Crippen LogP contribution < -0.4 is 0 Å². The van der Waals surface area contributed by atoms with Crippen molar-refractivity contribution in [1.29, 1.82) is 0 Å². The summed E-state index contributed by atoms with van der Waals surface area (Å²) in [6.45, 7) is 6.14. The van der Waals surface area contributed by atoms with Crippen molar-refractivity contribution in [3.8, 4) is 0 Å². The molecule has 1 rings (SSSR count). The second-order valence-corrected chi connectivity index (χ2v) is 6.83. The fraction of sp³-hybridized carbons (Fsp3) is 0.538. The summed E-state index contributed by atoms with van der Waals surface area (Å²) < 4.78 is 26.4. The van der Waals surface area contributed by atoms with Gasteiger partial charge in [-0.15, -0.1) is 11.6 Å². The smallest absolute Gasteiger partial charge is 0.207 e. The lowest BCUT2D eigenvalue weighted by Gasteiger charge is -2.25. The van der Waals surface area contributed by atoms with E-state index in [0.29, 0.717) is 23.7 Å². The van der Waals surface area contributed by atoms with Crippen LogP contribution in [0.4, 0.5) is 0 Å². The van der Waals surface area contributed by atoms with E-state index < -0.39 is 10.0 Å². The van der Waals surface area contributed by atoms with Crippen molar-refractivity contribution in [2.24, 2.45) is 0 Å². The van der Waals surface area contributed by atoms with Gasteiger partial charge < -0.3 is 0 Å². The Hall–Kier alpha value is -0.580. The average molecular weight is 290 g/mol. The van der Waals surface area contributed by atoms with Crippen LogP contribution in [0, 0.1) is 6.92 Å². The van der Waals surface area contributed by atoms with Gasteiger partial charge in [0, 0.05) is 18.5 Å². The zero-order valence-corrected chi connectivity index (χ0v) is 12.6. The zero-order valence-electron chi connectivity index (χ0n) is 11.1. The molecule has 0 spiro atoms. The van der Waals surface area contributed by atoms with E-state index in [1.165, 1.54) is 4.31 Å². The number of halogens is 1. The summed E-state index contributed by atoms with van der Waals surface area (Å²) in [5.41, 5.74) is 1.05. The molecule has 102 valence electrons. The third kappa shape index (κ3) is 3.70. The van der Waals surface area contributed by atoms with Crippen molar-refractivity contribution < 1.29 is 8.42 Å². The molecule has 0 saturated heterocycles. The van der Waals surface area contributed by atoms with Crippen molar-refractivity contribution in [1.82, 2.24) is 4.31 Å². The molecule has 0 bridgehead atoms. The van der Waals surface area contributed by atoms with Crippen LogP contribution in [0.1, 0.15) is 25.8 Å². The Morgan fingerprint density at radius 1 is 1.22 bits per heavy atom. The highest BCUT2D eigenvalue weighted by atomic mass is 35.5. The van der Waals surface area contributed by atoms with Gasteiger partial charge in [0.05, 0.1) is 4.90 Å². The van der Waals surface area contributed by atoms with Crippen LogP contribution >= 0.6 is 11.6 Å². The molecule has 1 aromatic rings. The highest BCUT2D eigenvalue weighted by molar-refractivity contribution is 7.89. The molecule has 0 aromatic heterocycles. The minimum Gasteiger partial charge on any atom is -0.207 e. The van der Waals surface area contributed by atoms with Crippen LogP contribution in [0.25, 0.3) is 0 Å². The van der Waals surface area contributed by atoms with Crippen LogP contribution in [-0.4, -0.2) is 31.2 Å². The zero-order chi connectivity index (χ0) is 13.8. The molecule has 1 aromatic carbocycles. The molecule has 0 radical (unpaired) electrons. The highest BCUT2D eigenvalue weighted by Crippen LogP contribution is 2.19. The van der Waals surface area contributed by atoms with Gasteiger partial charge in [0.1, 0.15) is 0 Å². The van der Waals surface area contributed by atoms with Crippen molar-refractivity contribution in [2.75, 3.05) is 12.4 Å². The molecule has 0 unspecified atom stereocenters. The predicted molar refractivity (Wildman–Crippen MR) is 75.5 cm³/mol. The van der Waals surface area contributed by atoms with E-state index in [1.54, 1.807) is 12.1 Å². The lowest BCUT2D eigenvalue weighted by atomic mass is 10.2. The van der Waals surface area contributed by atoms with Crippen LogP contribution in [-0.2, 0) is 10.0 Å². The van der Waals surface area contributed by atoms with E-state index >= 15 is 0 Å². The van der Waals surface area contributed by atoms with Crippen LogP contribution in [0.2, 0.25) is 0 Å². The monoisotopic (exact) mass is 289 g/mol. The Morgan fingerprint density at radius 2 is 1.78 bits per heavy atom. The highest BCUT2D eigenvalue weighted by Gasteiger charge is 2.26. The predicted octanol–water partition coefficient (Wildman–Crippen LogP) is 3.02. The molecule has 0 aliphatic rings. The van der Waals surface area contributed by atoms with E-state index in [-0.39, 0.29) is 6.04 Å². The maximum absolute atomic E-state index is 12.5. The Morgan fingerprint density at radius 3 is 2.22 bits per heavy atom. The summed E-state index contributed by atoms with van der Waals surface area (Å²) in [4.78, 5) is 0.344.